The average Bonchev–Trinajstić information content (AvgIpc) is 2.95. The summed E-state index contributed by atoms with van der Waals surface area (Å²) in [5.41, 5.74) is 1.69. The van der Waals surface area contributed by atoms with Gasteiger partial charge in [-0.25, -0.2) is 14.5 Å². The highest BCUT2D eigenvalue weighted by Gasteiger charge is 2.11. The van der Waals surface area contributed by atoms with Gasteiger partial charge in [-0.05, 0) is 29.8 Å². The second kappa shape index (κ2) is 6.53. The second-order valence-corrected chi connectivity index (χ2v) is 5.56. The van der Waals surface area contributed by atoms with Crippen molar-refractivity contribution in [3.63, 3.8) is 0 Å². The highest BCUT2D eigenvalue weighted by atomic mass is 32.2. The van der Waals surface area contributed by atoms with Crippen LogP contribution in [0.3, 0.4) is 0 Å². The number of ether oxygens (including phenoxy) is 1. The Hall–Kier alpha value is -2.47. The van der Waals surface area contributed by atoms with Gasteiger partial charge in [0.2, 0.25) is 0 Å². The van der Waals surface area contributed by atoms with Gasteiger partial charge >= 0.3 is 5.69 Å². The Labute approximate surface area is 132 Å². The molecule has 0 bridgehead atoms. The van der Waals surface area contributed by atoms with Crippen LogP contribution in [0.5, 0.6) is 5.75 Å². The fourth-order valence-electron chi connectivity index (χ4n) is 2.06. The summed E-state index contributed by atoms with van der Waals surface area (Å²) < 4.78 is 6.70. The molecule has 112 valence electrons. The molecule has 22 heavy (non-hydrogen) atoms. The first-order valence-corrected chi connectivity index (χ1v) is 7.75. The van der Waals surface area contributed by atoms with Crippen molar-refractivity contribution in [2.45, 2.75) is 10.9 Å². The van der Waals surface area contributed by atoms with Crippen LogP contribution in [0.15, 0.2) is 64.5 Å². The molecule has 2 aromatic carbocycles. The minimum Gasteiger partial charge on any atom is -0.497 e. The summed E-state index contributed by atoms with van der Waals surface area (Å²) in [6.45, 7) is 0. The number of benzene rings is 2. The quantitative estimate of drug-likeness (QED) is 0.736. The first kappa shape index (κ1) is 14.5. The van der Waals surface area contributed by atoms with Crippen molar-refractivity contribution in [3.8, 4) is 11.4 Å². The van der Waals surface area contributed by atoms with Gasteiger partial charge in [-0.2, -0.15) is 0 Å². The van der Waals surface area contributed by atoms with E-state index in [-0.39, 0.29) is 5.69 Å². The number of nitrogens with zero attached hydrogens (tertiary/aromatic N) is 2. The fourth-order valence-corrected chi connectivity index (χ4v) is 2.98. The van der Waals surface area contributed by atoms with Gasteiger partial charge in [0.1, 0.15) is 5.75 Å². The highest BCUT2D eigenvalue weighted by molar-refractivity contribution is 7.98. The average molecular weight is 313 g/mol. The third-order valence-electron chi connectivity index (χ3n) is 3.18. The Morgan fingerprint density at radius 1 is 1.14 bits per heavy atom. The van der Waals surface area contributed by atoms with Gasteiger partial charge in [0, 0.05) is 5.75 Å². The van der Waals surface area contributed by atoms with Gasteiger partial charge in [-0.3, -0.25) is 0 Å². The van der Waals surface area contributed by atoms with E-state index in [1.165, 1.54) is 17.3 Å². The summed E-state index contributed by atoms with van der Waals surface area (Å²) in [5, 5.41) is 7.25. The van der Waals surface area contributed by atoms with Crippen molar-refractivity contribution < 1.29 is 4.74 Å². The molecule has 0 saturated heterocycles. The maximum absolute atomic E-state index is 12.0. The van der Waals surface area contributed by atoms with Gasteiger partial charge in [0.25, 0.3) is 0 Å². The molecule has 0 aliphatic rings. The number of methoxy groups -OCH3 is 1. The molecular formula is C16H15N3O2S. The number of hydrogen-bond donors (Lipinski definition) is 1. The lowest BCUT2D eigenvalue weighted by Crippen LogP contribution is -2.15. The fraction of sp³-hybridized carbons (Fsp3) is 0.125. The van der Waals surface area contributed by atoms with Crippen molar-refractivity contribution in [1.29, 1.82) is 0 Å². The molecule has 0 unspecified atom stereocenters. The molecule has 0 spiro atoms. The van der Waals surface area contributed by atoms with Crippen LogP contribution in [-0.4, -0.2) is 21.9 Å². The lowest BCUT2D eigenvalue weighted by Gasteiger charge is -2.06. The summed E-state index contributed by atoms with van der Waals surface area (Å²) in [4.78, 5) is 12.0. The number of H-pyrrole nitrogens is 1. The topological polar surface area (TPSA) is 59.9 Å². The first-order valence-electron chi connectivity index (χ1n) is 6.76. The Morgan fingerprint density at radius 3 is 2.55 bits per heavy atom. The molecule has 0 atom stereocenters. The van der Waals surface area contributed by atoms with Crippen molar-refractivity contribution in [3.05, 3.63) is 70.6 Å². The number of thioether (sulfide) groups is 1. The number of rotatable bonds is 5. The van der Waals surface area contributed by atoms with Crippen LogP contribution in [-0.2, 0) is 5.75 Å². The molecule has 3 aromatic rings. The summed E-state index contributed by atoms with van der Waals surface area (Å²) in [7, 11) is 1.61. The molecule has 0 saturated carbocycles. The number of nitrogens with one attached hydrogen (secondary N) is 1. The summed E-state index contributed by atoms with van der Waals surface area (Å²) in [5.74, 6) is 1.50. The zero-order valence-corrected chi connectivity index (χ0v) is 12.8. The van der Waals surface area contributed by atoms with Crippen LogP contribution in [0.2, 0.25) is 0 Å². The third-order valence-corrected chi connectivity index (χ3v) is 4.19. The van der Waals surface area contributed by atoms with Crippen LogP contribution >= 0.6 is 11.8 Å². The van der Waals surface area contributed by atoms with Crippen LogP contribution in [0.4, 0.5) is 0 Å². The van der Waals surface area contributed by atoms with Gasteiger partial charge in [0.05, 0.1) is 12.8 Å². The molecule has 1 heterocycles. The lowest BCUT2D eigenvalue weighted by molar-refractivity contribution is 0.414. The molecule has 0 aliphatic heterocycles. The number of aromatic amines is 1. The van der Waals surface area contributed by atoms with Crippen LogP contribution in [0.25, 0.3) is 5.69 Å². The van der Waals surface area contributed by atoms with Gasteiger partial charge in [0.15, 0.2) is 5.16 Å². The summed E-state index contributed by atoms with van der Waals surface area (Å²) in [6, 6.07) is 17.4. The molecule has 0 amide bonds. The Bertz CT molecular complexity index is 794. The van der Waals surface area contributed by atoms with E-state index in [9.17, 15) is 4.79 Å². The van der Waals surface area contributed by atoms with E-state index >= 15 is 0 Å². The zero-order chi connectivity index (χ0) is 15.4. The normalized spacial score (nSPS) is 10.6. The predicted octanol–water partition coefficient (Wildman–Crippen LogP) is 2.86. The molecule has 1 aromatic heterocycles. The Morgan fingerprint density at radius 2 is 1.86 bits per heavy atom. The van der Waals surface area contributed by atoms with Crippen molar-refractivity contribution in [1.82, 2.24) is 14.8 Å². The summed E-state index contributed by atoms with van der Waals surface area (Å²) in [6.07, 6.45) is 0. The number of hydrogen-bond acceptors (Lipinski definition) is 4. The van der Waals surface area contributed by atoms with Crippen LogP contribution in [0, 0.1) is 0 Å². The van der Waals surface area contributed by atoms with E-state index in [4.69, 9.17) is 4.74 Å². The van der Waals surface area contributed by atoms with Crippen LogP contribution < -0.4 is 10.4 Å². The van der Waals surface area contributed by atoms with Gasteiger partial charge in [-0.1, -0.05) is 42.1 Å². The van der Waals surface area contributed by atoms with E-state index in [1.54, 1.807) is 11.7 Å². The maximum atomic E-state index is 12.0. The van der Waals surface area contributed by atoms with E-state index < -0.39 is 0 Å². The Balaban J connectivity index is 1.85. The Kier molecular flexibility index (Phi) is 4.29. The van der Waals surface area contributed by atoms with E-state index in [0.29, 0.717) is 5.16 Å². The van der Waals surface area contributed by atoms with Gasteiger partial charge in [-0.15, -0.1) is 5.10 Å². The largest absolute Gasteiger partial charge is 0.497 e. The summed E-state index contributed by atoms with van der Waals surface area (Å²) >= 11 is 1.52. The van der Waals surface area contributed by atoms with Crippen molar-refractivity contribution in [2.24, 2.45) is 0 Å². The van der Waals surface area contributed by atoms with Crippen LogP contribution in [0.1, 0.15) is 5.56 Å². The van der Waals surface area contributed by atoms with Gasteiger partial charge < -0.3 is 4.74 Å². The maximum Gasteiger partial charge on any atom is 0.348 e. The third kappa shape index (κ3) is 3.07. The lowest BCUT2D eigenvalue weighted by atomic mass is 10.2. The molecule has 0 fully saturated rings. The first-order chi connectivity index (χ1) is 10.8. The molecule has 0 aliphatic carbocycles. The molecule has 5 nitrogen and oxygen atoms in total. The standard InChI is InChI=1S/C16H15N3O2S/c1-21-14-9-7-13(8-10-14)19-15(20)17-18-16(19)22-11-12-5-3-2-4-6-12/h2-10H,11H2,1H3,(H,17,20). The molecular weight excluding hydrogens is 298 g/mol. The second-order valence-electron chi connectivity index (χ2n) is 4.62. The zero-order valence-electron chi connectivity index (χ0n) is 12.0. The van der Waals surface area contributed by atoms with Crippen molar-refractivity contribution >= 4 is 11.8 Å². The minimum absolute atomic E-state index is 0.249. The molecule has 0 radical (unpaired) electrons. The van der Waals surface area contributed by atoms with E-state index in [1.807, 2.05) is 42.5 Å². The molecule has 1 N–H and O–H groups in total. The predicted molar refractivity (Wildman–Crippen MR) is 86.7 cm³/mol. The van der Waals surface area contributed by atoms with E-state index in [2.05, 4.69) is 22.3 Å². The smallest absolute Gasteiger partial charge is 0.348 e. The molecule has 3 rings (SSSR count). The SMILES string of the molecule is COc1ccc(-n2c(SCc3ccccc3)n[nH]c2=O)cc1. The minimum atomic E-state index is -0.249. The number of aromatic nitrogens is 3. The van der Waals surface area contributed by atoms with E-state index in [0.717, 1.165) is 17.2 Å². The monoisotopic (exact) mass is 313 g/mol. The molecule has 6 heteroatoms. The highest BCUT2D eigenvalue weighted by Crippen LogP contribution is 2.22. The van der Waals surface area contributed by atoms with Crippen molar-refractivity contribution in [2.75, 3.05) is 7.11 Å².